The van der Waals surface area contributed by atoms with Crippen molar-refractivity contribution in [1.29, 1.82) is 0 Å². The first kappa shape index (κ1) is 30.1. The molecule has 0 fully saturated rings. The molecule has 2 aromatic heterocycles. The molecule has 3 heterocycles. The van der Waals surface area contributed by atoms with Gasteiger partial charge in [-0.25, -0.2) is 4.79 Å². The predicted molar refractivity (Wildman–Crippen MR) is 176 cm³/mol. The van der Waals surface area contributed by atoms with Gasteiger partial charge in [-0.15, -0.1) is 0 Å². The number of para-hydroxylation sites is 1. The topological polar surface area (TPSA) is 148 Å². The van der Waals surface area contributed by atoms with Gasteiger partial charge in [0.05, 0.1) is 25.4 Å². The Morgan fingerprint density at radius 3 is 2.54 bits per heavy atom. The van der Waals surface area contributed by atoms with Crippen LogP contribution in [-0.2, 0) is 17.9 Å². The van der Waals surface area contributed by atoms with Crippen molar-refractivity contribution in [3.8, 4) is 17.9 Å². The zero-order valence-electron chi connectivity index (χ0n) is 25.4. The van der Waals surface area contributed by atoms with E-state index in [-0.39, 0.29) is 48.8 Å². The van der Waals surface area contributed by atoms with Crippen LogP contribution in [-0.4, -0.2) is 44.5 Å². The van der Waals surface area contributed by atoms with E-state index in [2.05, 4.69) is 39.0 Å². The largest absolute Gasteiger partial charge is 0.463 e. The van der Waals surface area contributed by atoms with Crippen molar-refractivity contribution in [2.45, 2.75) is 39.3 Å². The molecule has 0 unspecified atom stereocenters. The number of fused-ring (bicyclic) bond motifs is 3. The van der Waals surface area contributed by atoms with Gasteiger partial charge in [-0.2, -0.15) is 9.97 Å². The van der Waals surface area contributed by atoms with Gasteiger partial charge in [-0.3, -0.25) is 14.2 Å². The molecule has 46 heavy (non-hydrogen) atoms. The SMILES string of the molecule is CCCCOc1nc(N)c2[nH]c(=O)n(Cc3ccc(C(=O)NCCC(=O)N4Cc5ccccc5C#Cc5ccccc54)cc3)c2n1. The summed E-state index contributed by atoms with van der Waals surface area (Å²) >= 11 is 0. The maximum Gasteiger partial charge on any atom is 0.328 e. The Hall–Kier alpha value is -5.89. The predicted octanol–water partition coefficient (Wildman–Crippen LogP) is 4.00. The van der Waals surface area contributed by atoms with Gasteiger partial charge in [0.15, 0.2) is 11.5 Å². The number of hydrogen-bond acceptors (Lipinski definition) is 7. The van der Waals surface area contributed by atoms with Crippen LogP contribution in [0.1, 0.15) is 58.8 Å². The number of nitrogens with two attached hydrogens (primary N) is 1. The molecule has 1 aliphatic rings. The van der Waals surface area contributed by atoms with E-state index in [1.165, 1.54) is 4.57 Å². The lowest BCUT2D eigenvalue weighted by Gasteiger charge is -2.26. The van der Waals surface area contributed by atoms with Crippen LogP contribution >= 0.6 is 0 Å². The lowest BCUT2D eigenvalue weighted by Crippen LogP contribution is -2.35. The number of rotatable bonds is 10. The number of imidazole rings is 1. The van der Waals surface area contributed by atoms with Gasteiger partial charge < -0.3 is 25.7 Å². The third kappa shape index (κ3) is 6.46. The number of H-pyrrole nitrogens is 1. The van der Waals surface area contributed by atoms with Crippen LogP contribution in [0.5, 0.6) is 6.01 Å². The first-order valence-electron chi connectivity index (χ1n) is 15.2. The van der Waals surface area contributed by atoms with Crippen LogP contribution in [0.2, 0.25) is 0 Å². The minimum atomic E-state index is -0.383. The number of anilines is 2. The van der Waals surface area contributed by atoms with Gasteiger partial charge in [-0.1, -0.05) is 67.6 Å². The fraction of sp³-hybridized carbons (Fsp3) is 0.229. The smallest absolute Gasteiger partial charge is 0.328 e. The van der Waals surface area contributed by atoms with Crippen molar-refractivity contribution in [2.24, 2.45) is 0 Å². The van der Waals surface area contributed by atoms with E-state index in [9.17, 15) is 14.4 Å². The Bertz CT molecular complexity index is 2040. The summed E-state index contributed by atoms with van der Waals surface area (Å²) in [5.41, 5.74) is 10.9. The fourth-order valence-electron chi connectivity index (χ4n) is 5.22. The first-order chi connectivity index (χ1) is 22.4. The number of carbonyl (C=O) groups is 2. The third-order valence-electron chi connectivity index (χ3n) is 7.71. The number of unbranched alkanes of at least 4 members (excludes halogenated alkanes) is 1. The van der Waals surface area contributed by atoms with Gasteiger partial charge in [0, 0.05) is 29.7 Å². The number of nitrogens with zero attached hydrogens (tertiary/aromatic N) is 4. The average Bonchev–Trinajstić information content (AvgIpc) is 3.37. The van der Waals surface area contributed by atoms with Crippen molar-refractivity contribution in [2.75, 3.05) is 23.8 Å². The molecule has 0 radical (unpaired) electrons. The number of aromatic amines is 1. The number of carbonyl (C=O) groups excluding carboxylic acids is 2. The molecule has 4 N–H and O–H groups in total. The second-order valence-corrected chi connectivity index (χ2v) is 10.9. The molecule has 0 spiro atoms. The number of nitrogen functional groups attached to an aromatic ring is 1. The molecular weight excluding hydrogens is 582 g/mol. The van der Waals surface area contributed by atoms with E-state index in [0.717, 1.165) is 40.8 Å². The maximum absolute atomic E-state index is 13.4. The lowest BCUT2D eigenvalue weighted by molar-refractivity contribution is -0.118. The standard InChI is InChI=1S/C35H33N7O4/c1-2-3-20-46-34-39-31(36)30-32(40-34)42(35(45)38-30)21-23-12-14-26(15-13-23)33(44)37-19-18-29(43)41-22-27-10-5-4-8-24(27)16-17-25-9-6-7-11-28(25)41/h4-15H,2-3,18-22H2,1H3,(H,37,44)(H,38,45)(H2,36,39,40). The summed E-state index contributed by atoms with van der Waals surface area (Å²) in [5.74, 6) is 6.12. The zero-order chi connectivity index (χ0) is 32.0. The zero-order valence-corrected chi connectivity index (χ0v) is 25.4. The highest BCUT2D eigenvalue weighted by Crippen LogP contribution is 2.26. The molecule has 232 valence electrons. The minimum Gasteiger partial charge on any atom is -0.463 e. The lowest BCUT2D eigenvalue weighted by atomic mass is 10.0. The van der Waals surface area contributed by atoms with Crippen molar-refractivity contribution in [1.82, 2.24) is 24.8 Å². The summed E-state index contributed by atoms with van der Waals surface area (Å²) < 4.78 is 7.06. The molecule has 2 amide bonds. The molecule has 6 rings (SSSR count). The molecule has 0 bridgehead atoms. The molecule has 1 aliphatic heterocycles. The Balaban J connectivity index is 1.10. The number of aromatic nitrogens is 4. The van der Waals surface area contributed by atoms with Crippen LogP contribution < -0.4 is 26.4 Å². The van der Waals surface area contributed by atoms with Crippen LogP contribution in [0.3, 0.4) is 0 Å². The highest BCUT2D eigenvalue weighted by molar-refractivity contribution is 5.97. The number of nitrogens with one attached hydrogen (secondary N) is 2. The van der Waals surface area contributed by atoms with Crippen LogP contribution in [0.4, 0.5) is 11.5 Å². The molecule has 0 saturated carbocycles. The summed E-state index contributed by atoms with van der Waals surface area (Å²) in [7, 11) is 0. The summed E-state index contributed by atoms with van der Waals surface area (Å²) in [6.07, 6.45) is 1.92. The van der Waals surface area contributed by atoms with Crippen LogP contribution in [0, 0.1) is 11.8 Å². The third-order valence-corrected chi connectivity index (χ3v) is 7.71. The molecule has 3 aromatic carbocycles. The molecule has 0 saturated heterocycles. The van der Waals surface area contributed by atoms with Gasteiger partial charge in [0.25, 0.3) is 5.91 Å². The number of hydrogen-bond donors (Lipinski definition) is 3. The number of amides is 2. The van der Waals surface area contributed by atoms with E-state index >= 15 is 0 Å². The first-order valence-corrected chi connectivity index (χ1v) is 15.2. The van der Waals surface area contributed by atoms with E-state index in [0.29, 0.717) is 29.9 Å². The van der Waals surface area contributed by atoms with E-state index in [4.69, 9.17) is 10.5 Å². The molecule has 11 nitrogen and oxygen atoms in total. The Morgan fingerprint density at radius 1 is 1.00 bits per heavy atom. The van der Waals surface area contributed by atoms with Crippen LogP contribution in [0.25, 0.3) is 11.2 Å². The second-order valence-electron chi connectivity index (χ2n) is 10.9. The van der Waals surface area contributed by atoms with E-state index < -0.39 is 0 Å². The van der Waals surface area contributed by atoms with Crippen LogP contribution in [0.15, 0.2) is 77.6 Å². The Kier molecular flexibility index (Phi) is 8.78. The van der Waals surface area contributed by atoms with Gasteiger partial charge in [0.1, 0.15) is 5.52 Å². The van der Waals surface area contributed by atoms with Gasteiger partial charge in [0.2, 0.25) is 5.91 Å². The number of benzene rings is 3. The quantitative estimate of drug-likeness (QED) is 0.159. The highest BCUT2D eigenvalue weighted by atomic mass is 16.5. The summed E-state index contributed by atoms with van der Waals surface area (Å²) in [6.45, 7) is 3.25. The molecule has 0 atom stereocenters. The van der Waals surface area contributed by atoms with E-state index in [1.807, 2.05) is 48.5 Å². The Morgan fingerprint density at radius 2 is 1.74 bits per heavy atom. The highest BCUT2D eigenvalue weighted by Gasteiger charge is 2.21. The molecule has 11 heteroatoms. The van der Waals surface area contributed by atoms with Gasteiger partial charge in [-0.05, 0) is 47.9 Å². The molecule has 0 aliphatic carbocycles. The second kappa shape index (κ2) is 13.4. The normalized spacial score (nSPS) is 11.9. The van der Waals surface area contributed by atoms with Crippen molar-refractivity contribution < 1.29 is 14.3 Å². The van der Waals surface area contributed by atoms with Crippen molar-refractivity contribution in [3.63, 3.8) is 0 Å². The fourth-order valence-corrected chi connectivity index (χ4v) is 5.22. The van der Waals surface area contributed by atoms with E-state index in [1.54, 1.807) is 29.2 Å². The molecule has 5 aromatic rings. The maximum atomic E-state index is 13.4. The minimum absolute atomic E-state index is 0.116. The van der Waals surface area contributed by atoms with Crippen molar-refractivity contribution in [3.05, 3.63) is 111 Å². The molecular formula is C35H33N7O4. The van der Waals surface area contributed by atoms with Crippen molar-refractivity contribution >= 4 is 34.5 Å². The summed E-state index contributed by atoms with van der Waals surface area (Å²) in [5, 5.41) is 2.85. The Labute approximate surface area is 265 Å². The summed E-state index contributed by atoms with van der Waals surface area (Å²) in [6, 6.07) is 22.4. The number of ether oxygens (including phenoxy) is 1. The monoisotopic (exact) mass is 615 g/mol. The van der Waals surface area contributed by atoms with Gasteiger partial charge >= 0.3 is 11.7 Å². The average molecular weight is 616 g/mol. The summed E-state index contributed by atoms with van der Waals surface area (Å²) in [4.78, 5) is 52.1.